The van der Waals surface area contributed by atoms with Gasteiger partial charge in [0, 0.05) is 12.4 Å². The number of hydrogen-bond donors (Lipinski definition) is 1. The summed E-state index contributed by atoms with van der Waals surface area (Å²) >= 11 is 0. The van der Waals surface area contributed by atoms with Gasteiger partial charge >= 0.3 is 0 Å². The minimum Gasteiger partial charge on any atom is -0.348 e. The Morgan fingerprint density at radius 3 is 2.60 bits per heavy atom. The Bertz CT molecular complexity index is 476. The van der Waals surface area contributed by atoms with E-state index in [1.807, 2.05) is 30.3 Å². The highest BCUT2D eigenvalue weighted by Gasteiger charge is 2.52. The third-order valence-corrected chi connectivity index (χ3v) is 2.81. The Labute approximate surface area is 87.2 Å². The van der Waals surface area contributed by atoms with Gasteiger partial charge in [-0.3, -0.25) is 4.79 Å². The quantitative estimate of drug-likeness (QED) is 0.800. The van der Waals surface area contributed by atoms with Crippen LogP contribution in [-0.4, -0.2) is 15.8 Å². The first-order valence-electron chi connectivity index (χ1n) is 4.96. The molecular weight excluding hydrogens is 188 g/mol. The number of hydrogen-bond acceptors (Lipinski definition) is 2. The van der Waals surface area contributed by atoms with Crippen molar-refractivity contribution in [3.8, 4) is 0 Å². The molecule has 0 amide bonds. The predicted molar refractivity (Wildman–Crippen MR) is 55.5 cm³/mol. The first kappa shape index (κ1) is 8.41. The minimum absolute atomic E-state index is 0.0114. The molecule has 1 heterocycles. The van der Waals surface area contributed by atoms with Crippen LogP contribution in [0.25, 0.3) is 0 Å². The highest BCUT2D eigenvalue weighted by atomic mass is 16.1. The van der Waals surface area contributed by atoms with Crippen LogP contribution in [0.3, 0.4) is 0 Å². The molecule has 1 aliphatic rings. The lowest BCUT2D eigenvalue weighted by atomic mass is 10.1. The van der Waals surface area contributed by atoms with Crippen molar-refractivity contribution in [2.24, 2.45) is 0 Å². The molecule has 2 atom stereocenters. The maximum absolute atomic E-state index is 11.7. The number of carbonyl (C=O) groups is 1. The zero-order valence-electron chi connectivity index (χ0n) is 8.05. The molecule has 15 heavy (non-hydrogen) atoms. The van der Waals surface area contributed by atoms with Crippen molar-refractivity contribution in [2.75, 3.05) is 0 Å². The number of benzene rings is 1. The molecule has 0 spiro atoms. The molecule has 1 aromatic heterocycles. The summed E-state index contributed by atoms with van der Waals surface area (Å²) in [6, 6.07) is 9.86. The van der Waals surface area contributed by atoms with E-state index in [2.05, 4.69) is 9.97 Å². The second kappa shape index (κ2) is 3.05. The normalized spacial score (nSPS) is 24.1. The third-order valence-electron chi connectivity index (χ3n) is 2.81. The molecule has 1 aromatic carbocycles. The van der Waals surface area contributed by atoms with E-state index in [0.717, 1.165) is 11.4 Å². The van der Waals surface area contributed by atoms with Crippen molar-refractivity contribution < 1.29 is 4.79 Å². The van der Waals surface area contributed by atoms with Gasteiger partial charge in [-0.05, 0) is 5.56 Å². The van der Waals surface area contributed by atoms with Gasteiger partial charge < -0.3 is 4.98 Å². The summed E-state index contributed by atoms with van der Waals surface area (Å²) in [7, 11) is 0. The molecule has 1 fully saturated rings. The molecule has 1 aliphatic carbocycles. The monoisotopic (exact) mass is 198 g/mol. The Hall–Kier alpha value is -1.90. The molecule has 2 aromatic rings. The van der Waals surface area contributed by atoms with Gasteiger partial charge in [-0.1, -0.05) is 30.3 Å². The van der Waals surface area contributed by atoms with Crippen LogP contribution in [-0.2, 0) is 4.79 Å². The number of Topliss-reactive ketones (excluding diaryl/α,β-unsaturated/α-hetero) is 1. The molecule has 0 aliphatic heterocycles. The summed E-state index contributed by atoms with van der Waals surface area (Å²) in [5, 5.41) is 0. The van der Waals surface area contributed by atoms with Gasteiger partial charge in [-0.15, -0.1) is 0 Å². The number of H-pyrrole nitrogens is 1. The number of ketones is 1. The molecule has 1 saturated carbocycles. The van der Waals surface area contributed by atoms with E-state index >= 15 is 0 Å². The van der Waals surface area contributed by atoms with Crippen LogP contribution in [0.1, 0.15) is 23.2 Å². The van der Waals surface area contributed by atoms with Gasteiger partial charge in [0.15, 0.2) is 5.78 Å². The fraction of sp³-hybridized carbons (Fsp3) is 0.167. The summed E-state index contributed by atoms with van der Waals surface area (Å²) in [4.78, 5) is 18.8. The Balaban J connectivity index is 1.90. The van der Waals surface area contributed by atoms with Crippen molar-refractivity contribution in [1.29, 1.82) is 0 Å². The van der Waals surface area contributed by atoms with E-state index in [1.165, 1.54) is 0 Å². The summed E-state index contributed by atoms with van der Waals surface area (Å²) in [6.07, 6.45) is 3.44. The van der Waals surface area contributed by atoms with Gasteiger partial charge in [-0.25, -0.2) is 4.98 Å². The van der Waals surface area contributed by atoms with Crippen molar-refractivity contribution in [3.05, 3.63) is 54.1 Å². The summed E-state index contributed by atoms with van der Waals surface area (Å²) in [6.45, 7) is 0. The largest absolute Gasteiger partial charge is 0.348 e. The smallest absolute Gasteiger partial charge is 0.153 e. The highest BCUT2D eigenvalue weighted by molar-refractivity contribution is 6.08. The van der Waals surface area contributed by atoms with Gasteiger partial charge in [0.05, 0.1) is 11.8 Å². The molecule has 3 rings (SSSR count). The lowest BCUT2D eigenvalue weighted by Gasteiger charge is -1.94. The van der Waals surface area contributed by atoms with E-state index in [1.54, 1.807) is 12.4 Å². The number of rotatable bonds is 2. The van der Waals surface area contributed by atoms with E-state index < -0.39 is 0 Å². The molecular formula is C12H10N2O. The van der Waals surface area contributed by atoms with Crippen LogP contribution in [0.5, 0.6) is 0 Å². The maximum atomic E-state index is 11.7. The predicted octanol–water partition coefficient (Wildman–Crippen LogP) is 1.86. The second-order valence-electron chi connectivity index (χ2n) is 3.74. The van der Waals surface area contributed by atoms with Crippen LogP contribution in [0.2, 0.25) is 0 Å². The molecule has 1 N–H and O–H groups in total. The molecule has 0 saturated heterocycles. The number of aromatic nitrogens is 2. The molecule has 3 heteroatoms. The van der Waals surface area contributed by atoms with Gasteiger partial charge in [0.25, 0.3) is 0 Å². The number of nitrogens with one attached hydrogen (secondary N) is 1. The first-order valence-corrected chi connectivity index (χ1v) is 4.96. The van der Waals surface area contributed by atoms with Crippen LogP contribution in [0.15, 0.2) is 42.7 Å². The van der Waals surface area contributed by atoms with Gasteiger partial charge in [0.2, 0.25) is 0 Å². The first-order chi connectivity index (χ1) is 7.38. The standard InChI is InChI=1S/C12H10N2O/c15-11-9(8-4-2-1-3-5-8)10(11)12-13-6-7-14-12/h1-7,9-10H,(H,13,14). The van der Waals surface area contributed by atoms with E-state index in [9.17, 15) is 4.79 Å². The van der Waals surface area contributed by atoms with Crippen LogP contribution in [0.4, 0.5) is 0 Å². The fourth-order valence-electron chi connectivity index (χ4n) is 2.00. The van der Waals surface area contributed by atoms with Crippen LogP contribution < -0.4 is 0 Å². The lowest BCUT2D eigenvalue weighted by Crippen LogP contribution is -1.86. The van der Waals surface area contributed by atoms with Crippen molar-refractivity contribution in [3.63, 3.8) is 0 Å². The van der Waals surface area contributed by atoms with Crippen molar-refractivity contribution in [2.45, 2.75) is 11.8 Å². The van der Waals surface area contributed by atoms with Gasteiger partial charge in [-0.2, -0.15) is 0 Å². The average Bonchev–Trinajstić information content (AvgIpc) is 2.74. The Morgan fingerprint density at radius 1 is 1.13 bits per heavy atom. The minimum atomic E-state index is -0.0533. The Kier molecular flexibility index (Phi) is 1.71. The fourth-order valence-corrected chi connectivity index (χ4v) is 2.00. The summed E-state index contributed by atoms with van der Waals surface area (Å²) < 4.78 is 0. The molecule has 0 radical (unpaired) electrons. The van der Waals surface area contributed by atoms with Crippen molar-refractivity contribution >= 4 is 5.78 Å². The van der Waals surface area contributed by atoms with Gasteiger partial charge in [0.1, 0.15) is 5.82 Å². The highest BCUT2D eigenvalue weighted by Crippen LogP contribution is 2.49. The zero-order valence-corrected chi connectivity index (χ0v) is 8.05. The maximum Gasteiger partial charge on any atom is 0.153 e. The lowest BCUT2D eigenvalue weighted by molar-refractivity contribution is -0.110. The Morgan fingerprint density at radius 2 is 1.93 bits per heavy atom. The third kappa shape index (κ3) is 1.28. The number of imidazole rings is 1. The van der Waals surface area contributed by atoms with E-state index in [-0.39, 0.29) is 17.6 Å². The number of nitrogens with zero attached hydrogens (tertiary/aromatic N) is 1. The summed E-state index contributed by atoms with van der Waals surface area (Å²) in [5.74, 6) is 1.00. The summed E-state index contributed by atoms with van der Waals surface area (Å²) in [5.41, 5.74) is 1.09. The molecule has 74 valence electrons. The molecule has 0 bridgehead atoms. The van der Waals surface area contributed by atoms with Crippen molar-refractivity contribution in [1.82, 2.24) is 9.97 Å². The van der Waals surface area contributed by atoms with Crippen LogP contribution in [0, 0.1) is 0 Å². The zero-order chi connectivity index (χ0) is 10.3. The SMILES string of the molecule is O=C1C(c2ccccc2)C1c1ncc[nH]1. The van der Waals surface area contributed by atoms with E-state index in [0.29, 0.717) is 0 Å². The number of carbonyl (C=O) groups excluding carboxylic acids is 1. The van der Waals surface area contributed by atoms with E-state index in [4.69, 9.17) is 0 Å². The molecule has 2 unspecified atom stereocenters. The molecule has 3 nitrogen and oxygen atoms in total. The second-order valence-corrected chi connectivity index (χ2v) is 3.74. The topological polar surface area (TPSA) is 45.8 Å². The average molecular weight is 198 g/mol. The number of aromatic amines is 1. The van der Waals surface area contributed by atoms with Crippen LogP contribution >= 0.6 is 0 Å².